The second-order valence-corrected chi connectivity index (χ2v) is 5.58. The van der Waals surface area contributed by atoms with Gasteiger partial charge in [0, 0.05) is 14.1 Å². The number of hydrogen-bond donors (Lipinski definition) is 2. The van der Waals surface area contributed by atoms with Crippen molar-refractivity contribution in [1.82, 2.24) is 25.4 Å². The van der Waals surface area contributed by atoms with Crippen molar-refractivity contribution in [3.05, 3.63) is 5.82 Å². The Hall–Kier alpha value is -2.10. The molecule has 10 heteroatoms. The van der Waals surface area contributed by atoms with Crippen LogP contribution in [0.15, 0.2) is 5.16 Å². The van der Waals surface area contributed by atoms with Gasteiger partial charge in [-0.2, -0.15) is 0 Å². The van der Waals surface area contributed by atoms with Crippen LogP contribution in [0.2, 0.25) is 0 Å². The number of carbonyl (C=O) groups is 3. The van der Waals surface area contributed by atoms with Crippen LogP contribution in [-0.2, 0) is 27.8 Å². The molecule has 9 nitrogen and oxygen atoms in total. The second-order valence-electron chi connectivity index (χ2n) is 4.27. The number of amides is 3. The predicted molar refractivity (Wildman–Crippen MR) is 79.3 cm³/mol. The monoisotopic (exact) mass is 329 g/mol. The number of rotatable bonds is 6. The SMILES string of the molecule is CCOC(=O)Cc1nnc(S[C@@H](C)C(=O)NC(=O)NC)n1C. The minimum absolute atomic E-state index is 0.0106. The third kappa shape index (κ3) is 5.02. The lowest BCUT2D eigenvalue weighted by atomic mass is 10.4. The summed E-state index contributed by atoms with van der Waals surface area (Å²) in [4.78, 5) is 34.3. The number of carbonyl (C=O) groups excluding carboxylic acids is 3. The van der Waals surface area contributed by atoms with E-state index in [1.54, 1.807) is 25.5 Å². The van der Waals surface area contributed by atoms with Crippen molar-refractivity contribution in [2.24, 2.45) is 7.05 Å². The highest BCUT2D eigenvalue weighted by Gasteiger charge is 2.21. The van der Waals surface area contributed by atoms with E-state index in [1.165, 1.54) is 7.05 Å². The molecule has 0 aliphatic heterocycles. The van der Waals surface area contributed by atoms with Crippen molar-refractivity contribution < 1.29 is 19.1 Å². The first-order valence-corrected chi connectivity index (χ1v) is 7.50. The van der Waals surface area contributed by atoms with Crippen LogP contribution in [-0.4, -0.2) is 51.6 Å². The van der Waals surface area contributed by atoms with E-state index in [9.17, 15) is 14.4 Å². The zero-order valence-electron chi connectivity index (χ0n) is 12.9. The fraction of sp³-hybridized carbons (Fsp3) is 0.583. The van der Waals surface area contributed by atoms with Gasteiger partial charge in [0.25, 0.3) is 0 Å². The molecular formula is C12H19N5O4S. The second kappa shape index (κ2) is 8.37. The van der Waals surface area contributed by atoms with Gasteiger partial charge in [0.05, 0.1) is 11.9 Å². The molecule has 0 aromatic carbocycles. The maximum absolute atomic E-state index is 11.8. The van der Waals surface area contributed by atoms with Crippen LogP contribution in [0.1, 0.15) is 19.7 Å². The quantitative estimate of drug-likeness (QED) is 0.551. The molecule has 1 heterocycles. The van der Waals surface area contributed by atoms with Gasteiger partial charge < -0.3 is 14.6 Å². The molecular weight excluding hydrogens is 310 g/mol. The normalized spacial score (nSPS) is 11.6. The number of aromatic nitrogens is 3. The lowest BCUT2D eigenvalue weighted by Gasteiger charge is -2.10. The minimum Gasteiger partial charge on any atom is -0.466 e. The first kappa shape index (κ1) is 18.0. The van der Waals surface area contributed by atoms with Crippen molar-refractivity contribution in [3.63, 3.8) is 0 Å². The van der Waals surface area contributed by atoms with Crippen LogP contribution in [0.25, 0.3) is 0 Å². The Morgan fingerprint density at radius 2 is 2.05 bits per heavy atom. The van der Waals surface area contributed by atoms with Crippen LogP contribution < -0.4 is 10.6 Å². The Balaban J connectivity index is 2.66. The average molecular weight is 329 g/mol. The topological polar surface area (TPSA) is 115 Å². The largest absolute Gasteiger partial charge is 0.466 e. The van der Waals surface area contributed by atoms with E-state index in [0.29, 0.717) is 17.6 Å². The highest BCUT2D eigenvalue weighted by atomic mass is 32.2. The smallest absolute Gasteiger partial charge is 0.321 e. The number of thioether (sulfide) groups is 1. The lowest BCUT2D eigenvalue weighted by molar-refractivity contribution is -0.142. The fourth-order valence-electron chi connectivity index (χ4n) is 1.43. The zero-order valence-corrected chi connectivity index (χ0v) is 13.7. The van der Waals surface area contributed by atoms with Gasteiger partial charge in [-0.15, -0.1) is 10.2 Å². The van der Waals surface area contributed by atoms with Gasteiger partial charge in [0.1, 0.15) is 12.2 Å². The molecule has 0 saturated carbocycles. The van der Waals surface area contributed by atoms with Crippen molar-refractivity contribution >= 4 is 29.7 Å². The Labute approximate surface area is 132 Å². The molecule has 0 saturated heterocycles. The minimum atomic E-state index is -0.571. The molecule has 0 aliphatic rings. The maximum atomic E-state index is 11.8. The van der Waals surface area contributed by atoms with Crippen molar-refractivity contribution in [2.75, 3.05) is 13.7 Å². The van der Waals surface area contributed by atoms with E-state index >= 15 is 0 Å². The molecule has 1 atom stereocenters. The molecule has 1 aromatic rings. The third-order valence-electron chi connectivity index (χ3n) is 2.65. The van der Waals surface area contributed by atoms with E-state index in [-0.39, 0.29) is 12.4 Å². The van der Waals surface area contributed by atoms with Crippen molar-refractivity contribution in [3.8, 4) is 0 Å². The number of urea groups is 1. The molecule has 0 aliphatic carbocycles. The molecule has 0 bridgehead atoms. The van der Waals surface area contributed by atoms with Crippen LogP contribution >= 0.6 is 11.8 Å². The van der Waals surface area contributed by atoms with Gasteiger partial charge in [-0.1, -0.05) is 11.8 Å². The third-order valence-corrected chi connectivity index (χ3v) is 3.78. The molecule has 0 fully saturated rings. The Morgan fingerprint density at radius 1 is 1.36 bits per heavy atom. The Kier molecular flexibility index (Phi) is 6.83. The number of ether oxygens (including phenoxy) is 1. The Morgan fingerprint density at radius 3 is 2.64 bits per heavy atom. The summed E-state index contributed by atoms with van der Waals surface area (Å²) >= 11 is 1.14. The average Bonchev–Trinajstić information content (AvgIpc) is 2.80. The van der Waals surface area contributed by atoms with Gasteiger partial charge in [-0.25, -0.2) is 4.79 Å². The highest BCUT2D eigenvalue weighted by molar-refractivity contribution is 8.00. The molecule has 1 aromatic heterocycles. The van der Waals surface area contributed by atoms with Crippen LogP contribution in [0.3, 0.4) is 0 Å². The van der Waals surface area contributed by atoms with Gasteiger partial charge in [0.15, 0.2) is 5.16 Å². The summed E-state index contributed by atoms with van der Waals surface area (Å²) in [6.07, 6.45) is 0.0106. The summed E-state index contributed by atoms with van der Waals surface area (Å²) in [5.41, 5.74) is 0. The van der Waals surface area contributed by atoms with E-state index in [0.717, 1.165) is 11.8 Å². The summed E-state index contributed by atoms with van der Waals surface area (Å²) in [6, 6.07) is -0.571. The fourth-order valence-corrected chi connectivity index (χ4v) is 2.26. The van der Waals surface area contributed by atoms with Crippen LogP contribution in [0.5, 0.6) is 0 Å². The van der Waals surface area contributed by atoms with Crippen molar-refractivity contribution in [2.45, 2.75) is 30.7 Å². The molecule has 0 spiro atoms. The van der Waals surface area contributed by atoms with Gasteiger partial charge in [-0.3, -0.25) is 14.9 Å². The number of imide groups is 1. The van der Waals surface area contributed by atoms with Gasteiger partial charge in [0.2, 0.25) is 5.91 Å². The molecule has 0 radical (unpaired) electrons. The predicted octanol–water partition coefficient (Wildman–Crippen LogP) is -0.143. The number of esters is 1. The first-order valence-electron chi connectivity index (χ1n) is 6.62. The van der Waals surface area contributed by atoms with Crippen molar-refractivity contribution in [1.29, 1.82) is 0 Å². The standard InChI is InChI=1S/C12H19N5O4S/c1-5-21-9(18)6-8-15-16-12(17(8)4)22-7(2)10(19)14-11(20)13-3/h7H,5-6H2,1-4H3,(H2,13,14,19,20)/t7-/m0/s1. The van der Waals surface area contributed by atoms with Crippen LogP contribution in [0, 0.1) is 0 Å². The zero-order chi connectivity index (χ0) is 16.7. The molecule has 2 N–H and O–H groups in total. The molecule has 122 valence electrons. The first-order chi connectivity index (χ1) is 10.4. The molecule has 1 rings (SSSR count). The van der Waals surface area contributed by atoms with E-state index < -0.39 is 17.2 Å². The van der Waals surface area contributed by atoms with E-state index in [1.807, 2.05) is 0 Å². The highest BCUT2D eigenvalue weighted by Crippen LogP contribution is 2.21. The molecule has 22 heavy (non-hydrogen) atoms. The van der Waals surface area contributed by atoms with E-state index in [4.69, 9.17) is 4.74 Å². The van der Waals surface area contributed by atoms with Gasteiger partial charge in [-0.05, 0) is 13.8 Å². The van der Waals surface area contributed by atoms with E-state index in [2.05, 4.69) is 20.8 Å². The summed E-state index contributed by atoms with van der Waals surface area (Å²) in [5, 5.41) is 12.3. The number of hydrogen-bond acceptors (Lipinski definition) is 7. The Bertz CT molecular complexity index is 560. The lowest BCUT2D eigenvalue weighted by Crippen LogP contribution is -2.41. The summed E-state index contributed by atoms with van der Waals surface area (Å²) in [6.45, 7) is 3.67. The molecule has 0 unspecified atom stereocenters. The summed E-state index contributed by atoms with van der Waals surface area (Å²) in [7, 11) is 3.12. The molecule has 3 amide bonds. The number of nitrogens with one attached hydrogen (secondary N) is 2. The van der Waals surface area contributed by atoms with Crippen LogP contribution in [0.4, 0.5) is 4.79 Å². The number of nitrogens with zero attached hydrogens (tertiary/aromatic N) is 3. The summed E-state index contributed by atoms with van der Waals surface area (Å²) in [5.74, 6) is -0.390. The summed E-state index contributed by atoms with van der Waals surface area (Å²) < 4.78 is 6.47. The van der Waals surface area contributed by atoms with Gasteiger partial charge >= 0.3 is 12.0 Å². The maximum Gasteiger partial charge on any atom is 0.321 e.